The zero-order chi connectivity index (χ0) is 18.2. The summed E-state index contributed by atoms with van der Waals surface area (Å²) in [6, 6.07) is 15.6. The molecule has 0 bridgehead atoms. The summed E-state index contributed by atoms with van der Waals surface area (Å²) in [4.78, 5) is 13.7. The molecule has 5 heteroatoms. The Balaban J connectivity index is 1.59. The summed E-state index contributed by atoms with van der Waals surface area (Å²) in [5.41, 5.74) is 1.74. The first-order valence-electron chi connectivity index (χ1n) is 9.09. The quantitative estimate of drug-likeness (QED) is 0.704. The van der Waals surface area contributed by atoms with Crippen LogP contribution < -0.4 is 10.1 Å². The van der Waals surface area contributed by atoms with Crippen LogP contribution in [0.25, 0.3) is 0 Å². The van der Waals surface area contributed by atoms with Crippen LogP contribution in [0, 0.1) is 0 Å². The molecule has 1 fully saturated rings. The number of hydrogen-bond donors (Lipinski definition) is 1. The molecule has 0 aromatic heterocycles. The maximum atomic E-state index is 12.7. The molecular weight excluding hydrogens is 346 g/mol. The maximum absolute atomic E-state index is 12.7. The topological polar surface area (TPSA) is 47.6 Å². The molecule has 138 valence electrons. The molecule has 0 spiro atoms. The number of nitrogens with one attached hydrogen (secondary N) is 1. The average Bonchev–Trinajstić information content (AvgIpc) is 3.19. The van der Waals surface area contributed by atoms with E-state index in [1.54, 1.807) is 11.8 Å². The molecule has 1 amide bonds. The highest BCUT2D eigenvalue weighted by Crippen LogP contribution is 2.26. The minimum Gasteiger partial charge on any atom is -0.494 e. The molecule has 1 unspecified atom stereocenters. The third kappa shape index (κ3) is 5.26. The van der Waals surface area contributed by atoms with Crippen molar-refractivity contribution in [2.45, 2.75) is 37.3 Å². The van der Waals surface area contributed by atoms with Crippen molar-refractivity contribution in [3.8, 4) is 5.75 Å². The number of carbonyl (C=O) groups is 1. The number of ether oxygens (including phenoxy) is 2. The molecule has 1 N–H and O–H groups in total. The predicted octanol–water partition coefficient (Wildman–Crippen LogP) is 4.29. The van der Waals surface area contributed by atoms with Gasteiger partial charge in [-0.3, -0.25) is 4.79 Å². The summed E-state index contributed by atoms with van der Waals surface area (Å²) in [5, 5.41) is 3.01. The summed E-state index contributed by atoms with van der Waals surface area (Å²) in [6.45, 7) is 3.92. The minimum absolute atomic E-state index is 0.0535. The zero-order valence-corrected chi connectivity index (χ0v) is 15.9. The van der Waals surface area contributed by atoms with Gasteiger partial charge >= 0.3 is 0 Å². The molecule has 26 heavy (non-hydrogen) atoms. The van der Waals surface area contributed by atoms with Crippen molar-refractivity contribution < 1.29 is 14.3 Å². The molecule has 1 aliphatic rings. The first-order valence-corrected chi connectivity index (χ1v) is 10.1. The third-order valence-electron chi connectivity index (χ3n) is 4.24. The molecule has 0 aliphatic carbocycles. The van der Waals surface area contributed by atoms with Crippen molar-refractivity contribution in [1.29, 1.82) is 0 Å². The Morgan fingerprint density at radius 2 is 2.15 bits per heavy atom. The second-order valence-corrected chi connectivity index (χ2v) is 7.27. The highest BCUT2D eigenvalue weighted by atomic mass is 32.2. The van der Waals surface area contributed by atoms with E-state index in [0.29, 0.717) is 19.3 Å². The van der Waals surface area contributed by atoms with Crippen LogP contribution in [0.15, 0.2) is 53.4 Å². The van der Waals surface area contributed by atoms with Gasteiger partial charge in [-0.15, -0.1) is 11.8 Å². The lowest BCUT2D eigenvalue weighted by Gasteiger charge is -2.13. The number of hydrogen-bond acceptors (Lipinski definition) is 4. The lowest BCUT2D eigenvalue weighted by atomic mass is 10.2. The van der Waals surface area contributed by atoms with Crippen molar-refractivity contribution >= 4 is 17.7 Å². The van der Waals surface area contributed by atoms with Crippen LogP contribution in [0.4, 0.5) is 0 Å². The summed E-state index contributed by atoms with van der Waals surface area (Å²) >= 11 is 1.70. The lowest BCUT2D eigenvalue weighted by Crippen LogP contribution is -2.23. The van der Waals surface area contributed by atoms with Gasteiger partial charge in [0.1, 0.15) is 5.75 Å². The van der Waals surface area contributed by atoms with Gasteiger partial charge in [-0.1, -0.05) is 24.3 Å². The third-order valence-corrected chi connectivity index (χ3v) is 5.45. The van der Waals surface area contributed by atoms with Gasteiger partial charge in [-0.25, -0.2) is 0 Å². The molecule has 3 rings (SSSR count). The van der Waals surface area contributed by atoms with Crippen LogP contribution in [0.1, 0.15) is 35.7 Å². The van der Waals surface area contributed by atoms with Crippen LogP contribution in [0.3, 0.4) is 0 Å². The summed E-state index contributed by atoms with van der Waals surface area (Å²) < 4.78 is 11.2. The highest BCUT2D eigenvalue weighted by molar-refractivity contribution is 7.99. The Hall–Kier alpha value is -1.98. The van der Waals surface area contributed by atoms with E-state index in [9.17, 15) is 4.79 Å². The molecule has 1 heterocycles. The summed E-state index contributed by atoms with van der Waals surface area (Å²) in [6.07, 6.45) is 2.54. The van der Waals surface area contributed by atoms with E-state index < -0.39 is 0 Å². The maximum Gasteiger partial charge on any atom is 0.252 e. The van der Waals surface area contributed by atoms with E-state index >= 15 is 0 Å². The zero-order valence-electron chi connectivity index (χ0n) is 15.1. The van der Waals surface area contributed by atoms with Gasteiger partial charge < -0.3 is 14.8 Å². The average molecular weight is 372 g/mol. The summed E-state index contributed by atoms with van der Waals surface area (Å²) in [5.74, 6) is 1.66. The van der Waals surface area contributed by atoms with E-state index in [0.717, 1.165) is 47.0 Å². The molecule has 0 radical (unpaired) electrons. The minimum atomic E-state index is -0.0535. The van der Waals surface area contributed by atoms with Crippen molar-refractivity contribution in [3.63, 3.8) is 0 Å². The fourth-order valence-corrected chi connectivity index (χ4v) is 4.05. The van der Waals surface area contributed by atoms with Crippen LogP contribution in [0.2, 0.25) is 0 Å². The number of carbonyl (C=O) groups excluding carboxylic acids is 1. The Kier molecular flexibility index (Phi) is 6.97. The second-order valence-electron chi connectivity index (χ2n) is 6.21. The smallest absolute Gasteiger partial charge is 0.252 e. The molecule has 1 saturated heterocycles. The normalized spacial score (nSPS) is 16.4. The van der Waals surface area contributed by atoms with Crippen molar-refractivity contribution in [1.82, 2.24) is 5.32 Å². The number of benzene rings is 2. The molecule has 1 aliphatic heterocycles. The first-order chi connectivity index (χ1) is 12.8. The number of thioether (sulfide) groups is 1. The van der Waals surface area contributed by atoms with Crippen LogP contribution >= 0.6 is 11.8 Å². The van der Waals surface area contributed by atoms with Gasteiger partial charge in [0.05, 0.1) is 18.3 Å². The van der Waals surface area contributed by atoms with Crippen molar-refractivity contribution in [2.75, 3.05) is 19.0 Å². The summed E-state index contributed by atoms with van der Waals surface area (Å²) in [7, 11) is 0. The Bertz CT molecular complexity index is 729. The monoisotopic (exact) mass is 371 g/mol. The van der Waals surface area contributed by atoms with Crippen LogP contribution in [0.5, 0.6) is 5.75 Å². The lowest BCUT2D eigenvalue weighted by molar-refractivity contribution is 0.0947. The largest absolute Gasteiger partial charge is 0.494 e. The van der Waals surface area contributed by atoms with Crippen LogP contribution in [-0.4, -0.2) is 31.0 Å². The van der Waals surface area contributed by atoms with Crippen molar-refractivity contribution in [3.05, 3.63) is 59.7 Å². The predicted molar refractivity (Wildman–Crippen MR) is 105 cm³/mol. The van der Waals surface area contributed by atoms with Gasteiger partial charge in [0, 0.05) is 23.8 Å². The molecule has 4 nitrogen and oxygen atoms in total. The van der Waals surface area contributed by atoms with E-state index in [4.69, 9.17) is 9.47 Å². The number of amides is 1. The fourth-order valence-electron chi connectivity index (χ4n) is 2.93. The SMILES string of the molecule is CCOc1cccc(CNC(=O)c2ccccc2SCC2CCCO2)c1. The van der Waals surface area contributed by atoms with Crippen molar-refractivity contribution in [2.24, 2.45) is 0 Å². The van der Waals surface area contributed by atoms with Gasteiger partial charge in [-0.2, -0.15) is 0 Å². The van der Waals surface area contributed by atoms with Crippen LogP contribution in [-0.2, 0) is 11.3 Å². The Morgan fingerprint density at radius 1 is 1.27 bits per heavy atom. The number of rotatable bonds is 8. The molecular formula is C21H25NO3S. The highest BCUT2D eigenvalue weighted by Gasteiger charge is 2.17. The van der Waals surface area contributed by atoms with E-state index in [1.165, 1.54) is 0 Å². The molecule has 0 saturated carbocycles. The van der Waals surface area contributed by atoms with E-state index in [1.807, 2.05) is 55.5 Å². The van der Waals surface area contributed by atoms with E-state index in [-0.39, 0.29) is 5.91 Å². The Labute approximate surface area is 159 Å². The van der Waals surface area contributed by atoms with Gasteiger partial charge in [0.2, 0.25) is 0 Å². The van der Waals surface area contributed by atoms with E-state index in [2.05, 4.69) is 5.32 Å². The second kappa shape index (κ2) is 9.64. The van der Waals surface area contributed by atoms with Gasteiger partial charge in [-0.05, 0) is 49.6 Å². The fraction of sp³-hybridized carbons (Fsp3) is 0.381. The van der Waals surface area contributed by atoms with Gasteiger partial charge in [0.25, 0.3) is 5.91 Å². The standard InChI is InChI=1S/C21H25NO3S/c1-2-24-17-8-5-7-16(13-17)14-22-21(23)19-10-3-4-11-20(19)26-15-18-9-6-12-25-18/h3-5,7-8,10-11,13,18H,2,6,9,12,14-15H2,1H3,(H,22,23). The first kappa shape index (κ1) is 18.8. The molecule has 1 atom stereocenters. The molecule has 2 aromatic rings. The van der Waals surface area contributed by atoms with Gasteiger partial charge in [0.15, 0.2) is 0 Å². The molecule has 2 aromatic carbocycles. The Morgan fingerprint density at radius 3 is 2.96 bits per heavy atom.